The van der Waals surface area contributed by atoms with Gasteiger partial charge >= 0.3 is 0 Å². The second-order valence-electron chi connectivity index (χ2n) is 9.09. The molecular weight excluding hydrogens is 331 g/mol. The number of hydrogen-bond donors (Lipinski definition) is 0. The summed E-state index contributed by atoms with van der Waals surface area (Å²) in [6, 6.07) is 4.73. The summed E-state index contributed by atoms with van der Waals surface area (Å²) in [7, 11) is 1.57. The van der Waals surface area contributed by atoms with E-state index >= 15 is 0 Å². The van der Waals surface area contributed by atoms with E-state index < -0.39 is 0 Å². The molecule has 0 bridgehead atoms. The predicted molar refractivity (Wildman–Crippen MR) is 101 cm³/mol. The van der Waals surface area contributed by atoms with Crippen LogP contribution in [0.3, 0.4) is 0 Å². The quantitative estimate of drug-likeness (QED) is 0.819. The van der Waals surface area contributed by atoms with Crippen molar-refractivity contribution in [1.29, 1.82) is 0 Å². The zero-order valence-electron chi connectivity index (χ0n) is 16.5. The molecule has 1 aromatic carbocycles. The maximum Gasteiger partial charge on any atom is 0.230 e. The molecule has 2 heterocycles. The van der Waals surface area contributed by atoms with Gasteiger partial charge in [-0.2, -0.15) is 0 Å². The summed E-state index contributed by atoms with van der Waals surface area (Å²) < 4.78 is 19.4. The first-order valence-corrected chi connectivity index (χ1v) is 9.57. The summed E-state index contributed by atoms with van der Waals surface area (Å²) >= 11 is 0. The van der Waals surface area contributed by atoms with Crippen LogP contribution in [0.4, 0.5) is 4.39 Å². The summed E-state index contributed by atoms with van der Waals surface area (Å²) in [4.78, 5) is 17.5. The standard InChI is InChI=1S/C21H31FN2O2/c1-20(2,3)14-23-11-9-21(15-23)8-5-10-24(19(21)25)13-16-12-17(26-4)6-7-18(16)22/h6-7,12H,5,8-11,13-15H2,1-4H3/t21-/m0/s1. The molecule has 0 radical (unpaired) electrons. The van der Waals surface area contributed by atoms with Gasteiger partial charge in [-0.25, -0.2) is 4.39 Å². The summed E-state index contributed by atoms with van der Waals surface area (Å²) in [5.41, 5.74) is 0.477. The van der Waals surface area contributed by atoms with E-state index in [2.05, 4.69) is 25.7 Å². The second-order valence-corrected chi connectivity index (χ2v) is 9.09. The van der Waals surface area contributed by atoms with E-state index in [1.54, 1.807) is 19.2 Å². The Kier molecular flexibility index (Phi) is 5.29. The third-order valence-corrected chi connectivity index (χ3v) is 5.57. The van der Waals surface area contributed by atoms with Crippen molar-refractivity contribution in [3.05, 3.63) is 29.6 Å². The van der Waals surface area contributed by atoms with Gasteiger partial charge in [-0.05, 0) is 49.4 Å². The van der Waals surface area contributed by atoms with Gasteiger partial charge in [0.1, 0.15) is 11.6 Å². The monoisotopic (exact) mass is 362 g/mol. The molecule has 26 heavy (non-hydrogen) atoms. The van der Waals surface area contributed by atoms with Gasteiger partial charge in [0.15, 0.2) is 0 Å². The van der Waals surface area contributed by atoms with Gasteiger partial charge in [-0.3, -0.25) is 4.79 Å². The van der Waals surface area contributed by atoms with E-state index in [0.717, 1.165) is 38.9 Å². The molecule has 4 nitrogen and oxygen atoms in total. The molecule has 0 N–H and O–H groups in total. The van der Waals surface area contributed by atoms with Crippen LogP contribution in [0.1, 0.15) is 45.6 Å². The highest BCUT2D eigenvalue weighted by atomic mass is 19.1. The number of rotatable bonds is 4. The Morgan fingerprint density at radius 2 is 2.00 bits per heavy atom. The van der Waals surface area contributed by atoms with E-state index in [-0.39, 0.29) is 22.6 Å². The van der Waals surface area contributed by atoms with Crippen LogP contribution in [-0.4, -0.2) is 49.0 Å². The highest BCUT2D eigenvalue weighted by Gasteiger charge is 2.48. The van der Waals surface area contributed by atoms with E-state index in [0.29, 0.717) is 24.4 Å². The van der Waals surface area contributed by atoms with E-state index in [4.69, 9.17) is 4.74 Å². The third kappa shape index (κ3) is 4.03. The van der Waals surface area contributed by atoms with Gasteiger partial charge < -0.3 is 14.5 Å². The molecule has 0 aliphatic carbocycles. The van der Waals surface area contributed by atoms with Crippen LogP contribution in [0.2, 0.25) is 0 Å². The first kappa shape index (κ1) is 19.2. The van der Waals surface area contributed by atoms with Crippen LogP contribution >= 0.6 is 0 Å². The molecule has 0 unspecified atom stereocenters. The number of hydrogen-bond acceptors (Lipinski definition) is 3. The molecule has 2 aliphatic rings. The van der Waals surface area contributed by atoms with Crippen LogP contribution in [0.5, 0.6) is 5.75 Å². The van der Waals surface area contributed by atoms with Crippen LogP contribution in [-0.2, 0) is 11.3 Å². The van der Waals surface area contributed by atoms with Crippen molar-refractivity contribution < 1.29 is 13.9 Å². The van der Waals surface area contributed by atoms with Crippen LogP contribution in [0.25, 0.3) is 0 Å². The summed E-state index contributed by atoms with van der Waals surface area (Å²) in [5, 5.41) is 0. The third-order valence-electron chi connectivity index (χ3n) is 5.57. The number of amides is 1. The molecule has 0 saturated carbocycles. The molecule has 2 fully saturated rings. The van der Waals surface area contributed by atoms with Crippen LogP contribution in [0.15, 0.2) is 18.2 Å². The first-order chi connectivity index (χ1) is 12.2. The summed E-state index contributed by atoms with van der Waals surface area (Å²) in [5.74, 6) is 0.541. The number of piperidine rings is 1. The van der Waals surface area contributed by atoms with Crippen molar-refractivity contribution in [3.63, 3.8) is 0 Å². The molecule has 1 aromatic rings. The van der Waals surface area contributed by atoms with Crippen molar-refractivity contribution in [2.24, 2.45) is 10.8 Å². The minimum absolute atomic E-state index is 0.197. The number of carbonyl (C=O) groups is 1. The maximum absolute atomic E-state index is 14.2. The highest BCUT2D eigenvalue weighted by Crippen LogP contribution is 2.41. The number of nitrogens with zero attached hydrogens (tertiary/aromatic N) is 2. The molecule has 2 aliphatic heterocycles. The number of likely N-dealkylation sites (tertiary alicyclic amines) is 2. The van der Waals surface area contributed by atoms with Crippen molar-refractivity contribution >= 4 is 5.91 Å². The fourth-order valence-electron chi connectivity index (χ4n) is 4.45. The van der Waals surface area contributed by atoms with Gasteiger partial charge in [0, 0.05) is 31.7 Å². The first-order valence-electron chi connectivity index (χ1n) is 9.57. The SMILES string of the molecule is COc1ccc(F)c(CN2CCC[C@@]3(CCN(CC(C)(C)C)C3)C2=O)c1. The Morgan fingerprint density at radius 3 is 2.69 bits per heavy atom. The number of ether oxygens (including phenoxy) is 1. The fourth-order valence-corrected chi connectivity index (χ4v) is 4.45. The van der Waals surface area contributed by atoms with Gasteiger partial charge in [0.2, 0.25) is 5.91 Å². The summed E-state index contributed by atoms with van der Waals surface area (Å²) in [6.07, 6.45) is 2.85. The highest BCUT2D eigenvalue weighted by molar-refractivity contribution is 5.84. The molecule has 2 saturated heterocycles. The minimum Gasteiger partial charge on any atom is -0.497 e. The molecule has 1 amide bonds. The number of methoxy groups -OCH3 is 1. The fraction of sp³-hybridized carbons (Fsp3) is 0.667. The zero-order valence-corrected chi connectivity index (χ0v) is 16.5. The smallest absolute Gasteiger partial charge is 0.230 e. The van der Waals surface area contributed by atoms with E-state index in [9.17, 15) is 9.18 Å². The molecule has 1 spiro atoms. The van der Waals surface area contributed by atoms with Crippen molar-refractivity contribution in [3.8, 4) is 5.75 Å². The van der Waals surface area contributed by atoms with Crippen molar-refractivity contribution in [1.82, 2.24) is 9.80 Å². The van der Waals surface area contributed by atoms with Crippen molar-refractivity contribution in [2.75, 3.05) is 33.3 Å². The molecule has 144 valence electrons. The Hall–Kier alpha value is -1.62. The lowest BCUT2D eigenvalue weighted by molar-refractivity contribution is -0.146. The van der Waals surface area contributed by atoms with Crippen LogP contribution in [0, 0.1) is 16.6 Å². The largest absolute Gasteiger partial charge is 0.497 e. The zero-order chi connectivity index (χ0) is 18.9. The second kappa shape index (κ2) is 7.18. The topological polar surface area (TPSA) is 32.8 Å². The lowest BCUT2D eigenvalue weighted by atomic mass is 9.78. The maximum atomic E-state index is 14.2. The van der Waals surface area contributed by atoms with Gasteiger partial charge in [0.05, 0.1) is 12.5 Å². The molecule has 5 heteroatoms. The number of benzene rings is 1. The Morgan fingerprint density at radius 1 is 1.23 bits per heavy atom. The van der Waals surface area contributed by atoms with Crippen LogP contribution < -0.4 is 4.74 Å². The Bertz CT molecular complexity index is 670. The van der Waals surface area contributed by atoms with Crippen molar-refractivity contribution in [2.45, 2.75) is 46.6 Å². The predicted octanol–water partition coefficient (Wildman–Crippen LogP) is 3.69. The lowest BCUT2D eigenvalue weighted by Crippen LogP contribution is -2.50. The number of halogens is 1. The lowest BCUT2D eigenvalue weighted by Gasteiger charge is -2.40. The molecule has 0 aromatic heterocycles. The average molecular weight is 362 g/mol. The van der Waals surface area contributed by atoms with E-state index in [1.165, 1.54) is 6.07 Å². The van der Waals surface area contributed by atoms with Gasteiger partial charge in [-0.15, -0.1) is 0 Å². The molecule has 3 rings (SSSR count). The Balaban J connectivity index is 1.73. The summed E-state index contributed by atoms with van der Waals surface area (Å²) in [6.45, 7) is 10.5. The van der Waals surface area contributed by atoms with Gasteiger partial charge in [0.25, 0.3) is 0 Å². The minimum atomic E-state index is -0.279. The number of carbonyl (C=O) groups excluding carboxylic acids is 1. The molecule has 1 atom stereocenters. The average Bonchev–Trinajstić information content (AvgIpc) is 2.95. The Labute approximate surface area is 156 Å². The van der Waals surface area contributed by atoms with E-state index in [1.807, 2.05) is 4.90 Å². The van der Waals surface area contributed by atoms with Gasteiger partial charge in [-0.1, -0.05) is 20.8 Å². The molecular formula is C21H31FN2O2. The normalized spacial score (nSPS) is 24.5.